The summed E-state index contributed by atoms with van der Waals surface area (Å²) < 4.78 is 5.38. The number of carbonyl (C=O) groups is 1. The average molecular weight is 293 g/mol. The van der Waals surface area contributed by atoms with Crippen molar-refractivity contribution in [3.05, 3.63) is 29.8 Å². The summed E-state index contributed by atoms with van der Waals surface area (Å²) >= 11 is 0. The summed E-state index contributed by atoms with van der Waals surface area (Å²) in [7, 11) is 0. The molecule has 0 radical (unpaired) electrons. The lowest BCUT2D eigenvalue weighted by molar-refractivity contribution is -0.117. The lowest BCUT2D eigenvalue weighted by atomic mass is 10.2. The van der Waals surface area contributed by atoms with Gasteiger partial charge in [0.1, 0.15) is 0 Å². The Morgan fingerprint density at radius 3 is 3.14 bits per heavy atom. The molecule has 6 heteroatoms. The van der Waals surface area contributed by atoms with Gasteiger partial charge in [-0.05, 0) is 17.7 Å². The van der Waals surface area contributed by atoms with E-state index in [1.807, 2.05) is 24.3 Å². The third-order valence-electron chi connectivity index (χ3n) is 3.53. The number of nitrogens with zero attached hydrogens (tertiary/aromatic N) is 1. The Labute approximate surface area is 124 Å². The molecule has 0 aromatic heterocycles. The van der Waals surface area contributed by atoms with E-state index in [1.54, 1.807) is 0 Å². The molecule has 1 amide bonds. The summed E-state index contributed by atoms with van der Waals surface area (Å²) in [4.78, 5) is 14.1. The first-order chi connectivity index (χ1) is 10.2. The lowest BCUT2D eigenvalue weighted by Crippen LogP contribution is -2.44. The fourth-order valence-corrected chi connectivity index (χ4v) is 2.35. The van der Waals surface area contributed by atoms with Crippen molar-refractivity contribution in [2.75, 3.05) is 38.2 Å². The van der Waals surface area contributed by atoms with Crippen molar-refractivity contribution in [1.82, 2.24) is 4.90 Å². The molecule has 0 saturated carbocycles. The van der Waals surface area contributed by atoms with Gasteiger partial charge in [-0.1, -0.05) is 12.1 Å². The molecule has 0 aliphatic carbocycles. The molecule has 1 atom stereocenters. The Kier molecular flexibility index (Phi) is 6.13. The van der Waals surface area contributed by atoms with Crippen molar-refractivity contribution < 1.29 is 14.6 Å². The van der Waals surface area contributed by atoms with E-state index in [0.717, 1.165) is 17.8 Å². The van der Waals surface area contributed by atoms with Gasteiger partial charge < -0.3 is 20.9 Å². The number of hydrogen-bond donors (Lipinski definition) is 3. The van der Waals surface area contributed by atoms with E-state index in [-0.39, 0.29) is 18.6 Å². The molecule has 1 aromatic rings. The highest BCUT2D eigenvalue weighted by Crippen LogP contribution is 2.11. The number of nitrogens with one attached hydrogen (secondary N) is 1. The molecule has 1 aromatic carbocycles. The molecule has 1 fully saturated rings. The van der Waals surface area contributed by atoms with Gasteiger partial charge in [-0.3, -0.25) is 9.69 Å². The zero-order valence-electron chi connectivity index (χ0n) is 12.1. The lowest BCUT2D eigenvalue weighted by Gasteiger charge is -2.31. The van der Waals surface area contributed by atoms with Gasteiger partial charge in [-0.2, -0.15) is 0 Å². The Morgan fingerprint density at radius 2 is 2.38 bits per heavy atom. The minimum Gasteiger partial charge on any atom is -0.394 e. The summed E-state index contributed by atoms with van der Waals surface area (Å²) in [5.74, 6) is -0.0174. The number of anilines is 1. The number of rotatable bonds is 6. The quantitative estimate of drug-likeness (QED) is 0.696. The zero-order chi connectivity index (χ0) is 15.1. The van der Waals surface area contributed by atoms with Gasteiger partial charge in [0.05, 0.1) is 19.3 Å². The predicted molar refractivity (Wildman–Crippen MR) is 80.8 cm³/mol. The molecule has 6 nitrogen and oxygen atoms in total. The van der Waals surface area contributed by atoms with E-state index in [1.165, 1.54) is 0 Å². The minimum absolute atomic E-state index is 0.0174. The highest BCUT2D eigenvalue weighted by Gasteiger charge is 2.19. The highest BCUT2D eigenvalue weighted by atomic mass is 16.5. The van der Waals surface area contributed by atoms with Crippen molar-refractivity contribution in [2.45, 2.75) is 19.1 Å². The van der Waals surface area contributed by atoms with E-state index in [4.69, 9.17) is 15.6 Å². The normalized spacial score (nSPS) is 19.4. The predicted octanol–water partition coefficient (Wildman–Crippen LogP) is 0.167. The van der Waals surface area contributed by atoms with Crippen molar-refractivity contribution in [3.63, 3.8) is 0 Å². The molecular formula is C15H23N3O3. The van der Waals surface area contributed by atoms with Crippen LogP contribution >= 0.6 is 0 Å². The molecule has 1 unspecified atom stereocenters. The molecule has 21 heavy (non-hydrogen) atoms. The number of nitrogens with two attached hydrogens (primary N) is 1. The van der Waals surface area contributed by atoms with Crippen LogP contribution in [0.2, 0.25) is 0 Å². The Hall–Kier alpha value is -1.47. The number of morpholine rings is 1. The van der Waals surface area contributed by atoms with E-state index in [2.05, 4.69) is 10.2 Å². The summed E-state index contributed by atoms with van der Waals surface area (Å²) in [6.45, 7) is 3.22. The fraction of sp³-hybridized carbons (Fsp3) is 0.533. The van der Waals surface area contributed by atoms with E-state index >= 15 is 0 Å². The minimum atomic E-state index is -0.136. The monoisotopic (exact) mass is 293 g/mol. The number of benzene rings is 1. The van der Waals surface area contributed by atoms with Crippen LogP contribution in [0.15, 0.2) is 24.3 Å². The zero-order valence-corrected chi connectivity index (χ0v) is 12.1. The van der Waals surface area contributed by atoms with Gasteiger partial charge in [-0.15, -0.1) is 0 Å². The molecule has 1 saturated heterocycles. The molecule has 4 N–H and O–H groups in total. The summed E-state index contributed by atoms with van der Waals surface area (Å²) in [5, 5.41) is 12.0. The van der Waals surface area contributed by atoms with E-state index < -0.39 is 0 Å². The van der Waals surface area contributed by atoms with Crippen LogP contribution in [0.25, 0.3) is 0 Å². The number of amides is 1. The summed E-state index contributed by atoms with van der Waals surface area (Å²) in [6.07, 6.45) is 0.286. The average Bonchev–Trinajstić information content (AvgIpc) is 2.53. The van der Waals surface area contributed by atoms with Gasteiger partial charge in [0.15, 0.2) is 0 Å². The van der Waals surface area contributed by atoms with Crippen LogP contribution in [0.1, 0.15) is 12.0 Å². The summed E-state index contributed by atoms with van der Waals surface area (Å²) in [6, 6.07) is 7.55. The molecule has 0 bridgehead atoms. The first-order valence-electron chi connectivity index (χ1n) is 7.25. The van der Waals surface area contributed by atoms with Crippen LogP contribution < -0.4 is 11.1 Å². The number of hydrogen-bond acceptors (Lipinski definition) is 5. The van der Waals surface area contributed by atoms with Gasteiger partial charge in [0.25, 0.3) is 0 Å². The van der Waals surface area contributed by atoms with Gasteiger partial charge in [0, 0.05) is 38.3 Å². The number of carbonyl (C=O) groups excluding carboxylic acids is 1. The van der Waals surface area contributed by atoms with E-state index in [0.29, 0.717) is 32.7 Å². The largest absolute Gasteiger partial charge is 0.394 e. The van der Waals surface area contributed by atoms with E-state index in [9.17, 15) is 4.79 Å². The Morgan fingerprint density at radius 1 is 1.52 bits per heavy atom. The first kappa shape index (κ1) is 15.9. The standard InChI is InChI=1S/C15H23N3O3/c16-9-12-2-1-3-13(8-12)17-15(20)4-5-18-6-7-21-14(10-18)11-19/h1-3,8,14,19H,4-7,9-11,16H2,(H,17,20). The molecule has 0 spiro atoms. The molecular weight excluding hydrogens is 270 g/mol. The fourth-order valence-electron chi connectivity index (χ4n) is 2.35. The molecule has 1 aliphatic heterocycles. The number of aliphatic hydroxyl groups excluding tert-OH is 1. The van der Waals surface area contributed by atoms with Crippen LogP contribution in [0.5, 0.6) is 0 Å². The Balaban J connectivity index is 1.76. The Bertz CT molecular complexity index is 467. The first-order valence-corrected chi connectivity index (χ1v) is 7.25. The van der Waals surface area contributed by atoms with Gasteiger partial charge >= 0.3 is 0 Å². The second-order valence-electron chi connectivity index (χ2n) is 5.18. The third-order valence-corrected chi connectivity index (χ3v) is 3.53. The van der Waals surface area contributed by atoms with Gasteiger partial charge in [0.2, 0.25) is 5.91 Å². The maximum absolute atomic E-state index is 12.0. The molecule has 1 heterocycles. The maximum atomic E-state index is 12.0. The van der Waals surface area contributed by atoms with Crippen molar-refractivity contribution >= 4 is 11.6 Å². The SMILES string of the molecule is NCc1cccc(NC(=O)CCN2CCOC(CO)C2)c1. The second-order valence-corrected chi connectivity index (χ2v) is 5.18. The van der Waals surface area contributed by atoms with Crippen LogP contribution in [-0.2, 0) is 16.1 Å². The topological polar surface area (TPSA) is 87.8 Å². The van der Waals surface area contributed by atoms with Gasteiger partial charge in [-0.25, -0.2) is 0 Å². The maximum Gasteiger partial charge on any atom is 0.225 e. The smallest absolute Gasteiger partial charge is 0.225 e. The van der Waals surface area contributed by atoms with Crippen LogP contribution in [0.3, 0.4) is 0 Å². The third kappa shape index (κ3) is 5.09. The highest BCUT2D eigenvalue weighted by molar-refractivity contribution is 5.90. The number of aliphatic hydroxyl groups is 1. The molecule has 1 aliphatic rings. The van der Waals surface area contributed by atoms with Crippen LogP contribution in [0.4, 0.5) is 5.69 Å². The molecule has 116 valence electrons. The van der Waals surface area contributed by atoms with Crippen molar-refractivity contribution in [3.8, 4) is 0 Å². The second kappa shape index (κ2) is 8.09. The molecule has 2 rings (SSSR count). The number of ether oxygens (including phenoxy) is 1. The van der Waals surface area contributed by atoms with Crippen molar-refractivity contribution in [1.29, 1.82) is 0 Å². The summed E-state index contributed by atoms with van der Waals surface area (Å²) in [5.41, 5.74) is 7.35. The van der Waals surface area contributed by atoms with Crippen LogP contribution in [0, 0.1) is 0 Å². The van der Waals surface area contributed by atoms with Crippen molar-refractivity contribution in [2.24, 2.45) is 5.73 Å². The van der Waals surface area contributed by atoms with Crippen LogP contribution in [-0.4, -0.2) is 54.9 Å².